The van der Waals surface area contributed by atoms with Crippen molar-refractivity contribution in [3.63, 3.8) is 0 Å². The van der Waals surface area contributed by atoms with Gasteiger partial charge in [0, 0.05) is 35.8 Å². The molecule has 0 unspecified atom stereocenters. The molecule has 0 fully saturated rings. The third-order valence-corrected chi connectivity index (χ3v) is 22.1. The summed E-state index contributed by atoms with van der Waals surface area (Å²) in [6.45, 7) is 9.00. The van der Waals surface area contributed by atoms with Gasteiger partial charge in [-0.05, 0) is 86.8 Å². The van der Waals surface area contributed by atoms with E-state index < -0.39 is 8.07 Å². The molecule has 0 saturated heterocycles. The van der Waals surface area contributed by atoms with Crippen LogP contribution in [0.2, 0.25) is 12.1 Å². The van der Waals surface area contributed by atoms with Crippen LogP contribution < -0.4 is 10.4 Å². The zero-order valence-corrected chi connectivity index (χ0v) is 41.1. The van der Waals surface area contributed by atoms with Crippen LogP contribution in [0.1, 0.15) is 204 Å². The standard InChI is InChI=1S/C52H76N4O2S2Si/c1-5-7-9-11-13-15-17-19-21-23-25-27-29-31-33-61(34-32-30-28-26-24-22-20-18-16-14-12-10-8-6-2)45-36-40(4)59-51(45)52-46(61)38-44(60-52)43-37-42-41(49-50(43)56-58-55-49)35-39(3)47-48(42)54-57-53-47/h35-38H,5-34H2,1-4H3. The van der Waals surface area contributed by atoms with Crippen LogP contribution in [0.5, 0.6) is 0 Å². The second kappa shape index (κ2) is 23.7. The number of hydrogen-bond acceptors (Lipinski definition) is 8. The summed E-state index contributed by atoms with van der Waals surface area (Å²) in [6.07, 6.45) is 39.4. The highest BCUT2D eigenvalue weighted by molar-refractivity contribution is 7.30. The van der Waals surface area contributed by atoms with Crippen molar-refractivity contribution in [2.75, 3.05) is 0 Å². The molecule has 0 amide bonds. The average molecular weight is 881 g/mol. The minimum absolute atomic E-state index is 0.778. The maximum absolute atomic E-state index is 5.47. The van der Waals surface area contributed by atoms with Gasteiger partial charge in [0.2, 0.25) is 0 Å². The molecule has 0 atom stereocenters. The Morgan fingerprint density at radius 3 is 1.33 bits per heavy atom. The second-order valence-electron chi connectivity index (χ2n) is 18.9. The Labute approximate surface area is 376 Å². The van der Waals surface area contributed by atoms with Crippen molar-refractivity contribution in [1.82, 2.24) is 20.6 Å². The van der Waals surface area contributed by atoms with Crippen LogP contribution in [0.25, 0.3) is 53.0 Å². The lowest BCUT2D eigenvalue weighted by Gasteiger charge is -2.29. The second-order valence-corrected chi connectivity index (χ2v) is 25.4. The fourth-order valence-corrected chi connectivity index (χ4v) is 19.9. The maximum Gasteiger partial charge on any atom is 0.144 e. The van der Waals surface area contributed by atoms with Crippen LogP contribution in [0.4, 0.5) is 0 Å². The molecule has 332 valence electrons. The molecule has 0 N–H and O–H groups in total. The van der Waals surface area contributed by atoms with Crippen molar-refractivity contribution in [3.8, 4) is 20.2 Å². The fraction of sp³-hybridized carbons (Fsp3) is 0.654. The third kappa shape index (κ3) is 11.4. The van der Waals surface area contributed by atoms with Crippen LogP contribution in [0.3, 0.4) is 0 Å². The summed E-state index contributed by atoms with van der Waals surface area (Å²) in [5.41, 5.74) is 5.29. The molecule has 7 rings (SSSR count). The van der Waals surface area contributed by atoms with Crippen molar-refractivity contribution in [3.05, 3.63) is 34.7 Å². The van der Waals surface area contributed by atoms with E-state index in [4.69, 9.17) is 9.26 Å². The van der Waals surface area contributed by atoms with Gasteiger partial charge in [-0.1, -0.05) is 194 Å². The first-order valence-electron chi connectivity index (χ1n) is 25.1. The highest BCUT2D eigenvalue weighted by atomic mass is 32.1. The van der Waals surface area contributed by atoms with Gasteiger partial charge < -0.3 is 0 Å². The molecular weight excluding hydrogens is 805 g/mol. The van der Waals surface area contributed by atoms with Crippen molar-refractivity contribution in [2.24, 2.45) is 0 Å². The highest BCUT2D eigenvalue weighted by Crippen LogP contribution is 2.47. The average Bonchev–Trinajstić information content (AvgIpc) is 4.11. The quantitative estimate of drug-likeness (QED) is 0.0320. The summed E-state index contributed by atoms with van der Waals surface area (Å²) in [4.78, 5) is 5.84. The lowest BCUT2D eigenvalue weighted by Crippen LogP contribution is -2.54. The number of aromatic nitrogens is 4. The van der Waals surface area contributed by atoms with Gasteiger partial charge in [0.05, 0.1) is 0 Å². The first-order chi connectivity index (χ1) is 30.1. The van der Waals surface area contributed by atoms with Crippen LogP contribution in [-0.4, -0.2) is 28.7 Å². The minimum atomic E-state index is -1.99. The van der Waals surface area contributed by atoms with Crippen molar-refractivity contribution in [1.29, 1.82) is 0 Å². The van der Waals surface area contributed by atoms with Gasteiger partial charge in [-0.3, -0.25) is 0 Å². The molecule has 6 nitrogen and oxygen atoms in total. The van der Waals surface area contributed by atoms with E-state index in [0.717, 1.165) is 44.0 Å². The Hall–Kier alpha value is -2.88. The molecule has 0 aliphatic carbocycles. The fourth-order valence-electron chi connectivity index (χ4n) is 10.5. The summed E-state index contributed by atoms with van der Waals surface area (Å²) in [7, 11) is -1.99. The molecule has 6 aromatic rings. The number of benzene rings is 2. The van der Waals surface area contributed by atoms with Crippen molar-refractivity contribution in [2.45, 2.75) is 220 Å². The first kappa shape index (κ1) is 46.1. The van der Waals surface area contributed by atoms with Crippen LogP contribution >= 0.6 is 22.7 Å². The number of fused-ring (bicyclic) bond motifs is 8. The molecule has 61 heavy (non-hydrogen) atoms. The van der Waals surface area contributed by atoms with Crippen molar-refractivity contribution < 1.29 is 9.26 Å². The van der Waals surface area contributed by atoms with E-state index in [0.29, 0.717) is 0 Å². The molecular formula is C52H76N4O2S2Si. The summed E-state index contributed by atoms with van der Waals surface area (Å²) in [6, 6.07) is 12.3. The number of rotatable bonds is 31. The monoisotopic (exact) mass is 881 g/mol. The number of nitrogens with zero attached hydrogens (tertiary/aromatic N) is 4. The Bertz CT molecular complexity index is 2200. The summed E-state index contributed by atoms with van der Waals surface area (Å²) in [5.74, 6) is 0. The van der Waals surface area contributed by atoms with E-state index in [2.05, 4.69) is 65.7 Å². The number of thiophene rings is 2. The summed E-state index contributed by atoms with van der Waals surface area (Å²) >= 11 is 4.01. The van der Waals surface area contributed by atoms with Gasteiger partial charge in [0.25, 0.3) is 0 Å². The topological polar surface area (TPSA) is 77.8 Å². The van der Waals surface area contributed by atoms with Gasteiger partial charge in [-0.25, -0.2) is 9.26 Å². The van der Waals surface area contributed by atoms with Crippen LogP contribution in [0, 0.1) is 13.8 Å². The lowest BCUT2D eigenvalue weighted by atomic mass is 10.00. The van der Waals surface area contributed by atoms with E-state index in [1.807, 2.05) is 29.6 Å². The smallest absolute Gasteiger partial charge is 0.144 e. The highest BCUT2D eigenvalue weighted by Gasteiger charge is 2.47. The Kier molecular flexibility index (Phi) is 17.9. The third-order valence-electron chi connectivity index (χ3n) is 14.1. The molecule has 2 aromatic carbocycles. The van der Waals surface area contributed by atoms with E-state index >= 15 is 0 Å². The van der Waals surface area contributed by atoms with Gasteiger partial charge in [-0.15, -0.1) is 22.7 Å². The Morgan fingerprint density at radius 2 is 0.820 bits per heavy atom. The number of hydrogen-bond donors (Lipinski definition) is 0. The predicted octanol–water partition coefficient (Wildman–Crippen LogP) is 16.8. The Morgan fingerprint density at radius 1 is 0.426 bits per heavy atom. The van der Waals surface area contributed by atoms with Gasteiger partial charge in [0.1, 0.15) is 30.1 Å². The molecule has 4 aromatic heterocycles. The summed E-state index contributed by atoms with van der Waals surface area (Å²) < 4.78 is 10.7. The van der Waals surface area contributed by atoms with E-state index in [9.17, 15) is 0 Å². The Balaban J connectivity index is 1.02. The zero-order chi connectivity index (χ0) is 42.3. The van der Waals surface area contributed by atoms with Crippen LogP contribution in [0.15, 0.2) is 33.5 Å². The predicted molar refractivity (Wildman–Crippen MR) is 266 cm³/mol. The van der Waals surface area contributed by atoms with E-state index in [1.165, 1.54) is 207 Å². The van der Waals surface area contributed by atoms with Crippen molar-refractivity contribution >= 4 is 74.0 Å². The van der Waals surface area contributed by atoms with E-state index in [-0.39, 0.29) is 0 Å². The van der Waals surface area contributed by atoms with Gasteiger partial charge >= 0.3 is 0 Å². The molecule has 0 radical (unpaired) electrons. The van der Waals surface area contributed by atoms with Gasteiger partial charge in [0.15, 0.2) is 0 Å². The molecule has 0 spiro atoms. The molecule has 1 aliphatic heterocycles. The zero-order valence-electron chi connectivity index (χ0n) is 38.4. The van der Waals surface area contributed by atoms with Crippen LogP contribution in [-0.2, 0) is 0 Å². The molecule has 0 saturated carbocycles. The maximum atomic E-state index is 5.47. The molecule has 9 heteroatoms. The first-order valence-corrected chi connectivity index (χ1v) is 29.2. The molecule has 1 aliphatic rings. The largest absolute Gasteiger partial charge is 0.243 e. The molecule has 5 heterocycles. The SMILES string of the molecule is CCCCCCCCCCCCCCCC[Si]1(CCCCCCCCCCCCCCCC)c2cc(C)sc2-c2sc(-c3cc4c(cc(C)c5nonc54)c4nonc34)cc21. The summed E-state index contributed by atoms with van der Waals surface area (Å²) in [5, 5.41) is 23.0. The normalized spacial score (nSPS) is 13.4. The van der Waals surface area contributed by atoms with E-state index in [1.54, 1.807) is 15.3 Å². The lowest BCUT2D eigenvalue weighted by molar-refractivity contribution is 0.315. The van der Waals surface area contributed by atoms with Gasteiger partial charge in [-0.2, -0.15) is 0 Å². The number of unbranched alkanes of at least 4 members (excludes halogenated alkanes) is 26. The number of aryl methyl sites for hydroxylation is 2. The molecule has 0 bridgehead atoms. The minimum Gasteiger partial charge on any atom is -0.243 e.